The highest BCUT2D eigenvalue weighted by atomic mass is 35.5. The van der Waals surface area contributed by atoms with Gasteiger partial charge in [0, 0.05) is 39.3 Å². The molecule has 1 heterocycles. The van der Waals surface area contributed by atoms with E-state index in [4.69, 9.17) is 27.9 Å². The summed E-state index contributed by atoms with van der Waals surface area (Å²) in [5.41, 5.74) is 3.09. The van der Waals surface area contributed by atoms with Gasteiger partial charge in [0.2, 0.25) is 0 Å². The number of hydrogen-bond donors (Lipinski definition) is 1. The lowest BCUT2D eigenvalue weighted by Gasteiger charge is -2.37. The van der Waals surface area contributed by atoms with Gasteiger partial charge in [-0.2, -0.15) is 0 Å². The van der Waals surface area contributed by atoms with Crippen molar-refractivity contribution in [2.24, 2.45) is 0 Å². The molecular formula is C30H30Cl2N2O2S. The van der Waals surface area contributed by atoms with Gasteiger partial charge in [-0.15, -0.1) is 11.3 Å². The van der Waals surface area contributed by atoms with E-state index in [0.29, 0.717) is 27.5 Å². The Balaban J connectivity index is 1.52. The van der Waals surface area contributed by atoms with Gasteiger partial charge in [-0.3, -0.25) is 4.79 Å². The van der Waals surface area contributed by atoms with Gasteiger partial charge in [-0.1, -0.05) is 59.6 Å². The number of nitrogens with zero attached hydrogens (tertiary/aromatic N) is 1. The molecule has 0 atom stereocenters. The summed E-state index contributed by atoms with van der Waals surface area (Å²) in [6.07, 6.45) is 3.96. The Morgan fingerprint density at radius 1 is 1.00 bits per heavy atom. The molecule has 1 amide bonds. The Morgan fingerprint density at radius 3 is 2.38 bits per heavy atom. The number of amides is 1. The van der Waals surface area contributed by atoms with Crippen molar-refractivity contribution in [1.82, 2.24) is 10.2 Å². The molecule has 1 aliphatic carbocycles. The van der Waals surface area contributed by atoms with Gasteiger partial charge < -0.3 is 15.0 Å². The predicted molar refractivity (Wildman–Crippen MR) is 155 cm³/mol. The maximum absolute atomic E-state index is 14.2. The van der Waals surface area contributed by atoms with Gasteiger partial charge in [0.25, 0.3) is 5.91 Å². The molecule has 7 heteroatoms. The molecule has 1 aromatic heterocycles. The summed E-state index contributed by atoms with van der Waals surface area (Å²) in [5, 5.41) is 5.57. The van der Waals surface area contributed by atoms with E-state index in [-0.39, 0.29) is 11.9 Å². The van der Waals surface area contributed by atoms with Crippen molar-refractivity contribution in [1.29, 1.82) is 0 Å². The van der Waals surface area contributed by atoms with Crippen LogP contribution in [0.25, 0.3) is 21.2 Å². The van der Waals surface area contributed by atoms with E-state index in [1.807, 2.05) is 72.6 Å². The van der Waals surface area contributed by atoms with Gasteiger partial charge in [0.15, 0.2) is 0 Å². The summed E-state index contributed by atoms with van der Waals surface area (Å²) in [4.78, 5) is 16.8. The van der Waals surface area contributed by atoms with Gasteiger partial charge >= 0.3 is 0 Å². The smallest absolute Gasteiger partial charge is 0.266 e. The van der Waals surface area contributed by atoms with Crippen molar-refractivity contribution in [3.63, 3.8) is 0 Å². The minimum Gasteiger partial charge on any atom is -0.496 e. The SMILES string of the molecule is CNC1CCC(N(Cc2cc(-c3ccc(Cl)cc3)ccc2OC)C(=O)c2sc3ccccc3c2Cl)CC1. The van der Waals surface area contributed by atoms with Crippen LogP contribution < -0.4 is 10.1 Å². The number of hydrogen-bond acceptors (Lipinski definition) is 4. The largest absolute Gasteiger partial charge is 0.496 e. The zero-order valence-electron chi connectivity index (χ0n) is 21.0. The summed E-state index contributed by atoms with van der Waals surface area (Å²) in [7, 11) is 3.69. The molecule has 3 aromatic carbocycles. The molecule has 0 unspecified atom stereocenters. The highest BCUT2D eigenvalue weighted by Gasteiger charge is 2.32. The predicted octanol–water partition coefficient (Wildman–Crippen LogP) is 8.06. The zero-order chi connectivity index (χ0) is 25.9. The van der Waals surface area contributed by atoms with E-state index in [1.165, 1.54) is 11.3 Å². The summed E-state index contributed by atoms with van der Waals surface area (Å²) in [6, 6.07) is 22.5. The van der Waals surface area contributed by atoms with Crippen molar-refractivity contribution in [3.8, 4) is 16.9 Å². The van der Waals surface area contributed by atoms with Crippen molar-refractivity contribution in [3.05, 3.63) is 87.2 Å². The number of methoxy groups -OCH3 is 1. The van der Waals surface area contributed by atoms with Crippen LogP contribution in [0, 0.1) is 0 Å². The maximum Gasteiger partial charge on any atom is 0.266 e. The van der Waals surface area contributed by atoms with Crippen molar-refractivity contribution in [2.45, 2.75) is 44.3 Å². The van der Waals surface area contributed by atoms with E-state index in [9.17, 15) is 4.79 Å². The van der Waals surface area contributed by atoms with Gasteiger partial charge in [0.05, 0.1) is 12.1 Å². The van der Waals surface area contributed by atoms with Gasteiger partial charge in [-0.05, 0) is 74.2 Å². The molecule has 4 nitrogen and oxygen atoms in total. The quantitative estimate of drug-likeness (QED) is 0.252. The lowest BCUT2D eigenvalue weighted by molar-refractivity contribution is 0.0604. The average molecular weight is 554 g/mol. The number of halogens is 2. The third kappa shape index (κ3) is 5.51. The van der Waals surface area contributed by atoms with Crippen molar-refractivity contribution < 1.29 is 9.53 Å². The number of carbonyl (C=O) groups excluding carboxylic acids is 1. The maximum atomic E-state index is 14.2. The summed E-state index contributed by atoms with van der Waals surface area (Å²) < 4.78 is 6.77. The minimum atomic E-state index is -0.0157. The number of fused-ring (bicyclic) bond motifs is 1. The average Bonchev–Trinajstić information content (AvgIpc) is 3.28. The van der Waals surface area contributed by atoms with E-state index < -0.39 is 0 Å². The van der Waals surface area contributed by atoms with E-state index >= 15 is 0 Å². The second-order valence-corrected chi connectivity index (χ2v) is 11.4. The Bertz CT molecular complexity index is 1390. The molecule has 0 radical (unpaired) electrons. The van der Waals surface area contributed by atoms with Crippen LogP contribution in [0.2, 0.25) is 10.0 Å². The van der Waals surface area contributed by atoms with E-state index in [2.05, 4.69) is 11.4 Å². The topological polar surface area (TPSA) is 41.6 Å². The molecule has 1 N–H and O–H groups in total. The molecule has 0 saturated heterocycles. The highest BCUT2D eigenvalue weighted by Crippen LogP contribution is 2.38. The number of nitrogens with one attached hydrogen (secondary N) is 1. The molecular weight excluding hydrogens is 523 g/mol. The fraction of sp³-hybridized carbons (Fsp3) is 0.300. The molecule has 0 bridgehead atoms. The van der Waals surface area contributed by atoms with Crippen molar-refractivity contribution in [2.75, 3.05) is 14.2 Å². The Kier molecular flexibility index (Phi) is 8.06. The Hall–Kier alpha value is -2.57. The van der Waals surface area contributed by atoms with E-state index in [0.717, 1.165) is 58.2 Å². The fourth-order valence-electron chi connectivity index (χ4n) is 5.23. The first-order valence-corrected chi connectivity index (χ1v) is 14.1. The van der Waals surface area contributed by atoms with Crippen LogP contribution in [-0.4, -0.2) is 37.0 Å². The molecule has 1 saturated carbocycles. The minimum absolute atomic E-state index is 0.0157. The van der Waals surface area contributed by atoms with E-state index in [1.54, 1.807) is 7.11 Å². The van der Waals surface area contributed by atoms with Crippen LogP contribution >= 0.6 is 34.5 Å². The molecule has 5 rings (SSSR count). The Morgan fingerprint density at radius 2 is 1.70 bits per heavy atom. The molecule has 37 heavy (non-hydrogen) atoms. The lowest BCUT2D eigenvalue weighted by atomic mass is 9.89. The van der Waals surface area contributed by atoms with Crippen LogP contribution in [-0.2, 0) is 6.54 Å². The van der Waals surface area contributed by atoms with Crippen LogP contribution in [0.5, 0.6) is 5.75 Å². The number of rotatable bonds is 7. The molecule has 0 aliphatic heterocycles. The lowest BCUT2D eigenvalue weighted by Crippen LogP contribution is -2.44. The number of benzene rings is 3. The molecule has 192 valence electrons. The standard InChI is InChI=1S/C30H30Cl2N2O2S/c1-33-23-12-14-24(15-13-23)34(30(35)29-28(32)25-5-3-4-6-27(25)37-29)18-21-17-20(9-16-26(21)36-2)19-7-10-22(31)11-8-19/h3-11,16-17,23-24,33H,12-15,18H2,1-2H3. The first kappa shape index (κ1) is 26.1. The second kappa shape index (κ2) is 11.4. The van der Waals surface area contributed by atoms with Gasteiger partial charge in [0.1, 0.15) is 10.6 Å². The highest BCUT2D eigenvalue weighted by molar-refractivity contribution is 7.21. The number of carbonyl (C=O) groups is 1. The summed E-state index contributed by atoms with van der Waals surface area (Å²) in [6.45, 7) is 0.447. The summed E-state index contributed by atoms with van der Waals surface area (Å²) >= 11 is 14.4. The van der Waals surface area contributed by atoms with Gasteiger partial charge in [-0.25, -0.2) is 0 Å². The van der Waals surface area contributed by atoms with Crippen molar-refractivity contribution >= 4 is 50.5 Å². The number of thiophene rings is 1. The third-order valence-corrected chi connectivity index (χ3v) is 9.25. The van der Waals surface area contributed by atoms with Crippen LogP contribution in [0.15, 0.2) is 66.7 Å². The Labute approximate surface area is 232 Å². The van der Waals surface area contributed by atoms with Crippen LogP contribution in [0.4, 0.5) is 0 Å². The molecule has 1 aliphatic rings. The van der Waals surface area contributed by atoms with Crippen LogP contribution in [0.1, 0.15) is 40.9 Å². The zero-order valence-corrected chi connectivity index (χ0v) is 23.3. The molecule has 4 aromatic rings. The second-order valence-electron chi connectivity index (χ2n) is 9.50. The van der Waals surface area contributed by atoms with Crippen LogP contribution in [0.3, 0.4) is 0 Å². The fourth-order valence-corrected chi connectivity index (χ4v) is 6.83. The normalized spacial score (nSPS) is 17.6. The molecule has 1 fully saturated rings. The third-order valence-electron chi connectivity index (χ3n) is 7.33. The first-order valence-electron chi connectivity index (χ1n) is 12.6. The monoisotopic (exact) mass is 552 g/mol. The summed E-state index contributed by atoms with van der Waals surface area (Å²) in [5.74, 6) is 0.750. The number of ether oxygens (including phenoxy) is 1. The first-order chi connectivity index (χ1) is 18.0. The molecule has 0 spiro atoms.